The van der Waals surface area contributed by atoms with Gasteiger partial charge in [0, 0.05) is 22.2 Å². The van der Waals surface area contributed by atoms with Crippen LogP contribution < -0.4 is 4.74 Å². The van der Waals surface area contributed by atoms with E-state index in [1.165, 1.54) is 24.3 Å². The van der Waals surface area contributed by atoms with E-state index in [-0.39, 0.29) is 23.1 Å². The van der Waals surface area contributed by atoms with Crippen molar-refractivity contribution in [3.05, 3.63) is 62.1 Å². The number of halogens is 4. The molecule has 0 unspecified atom stereocenters. The minimum Gasteiger partial charge on any atom is -0.454 e. The molecule has 0 fully saturated rings. The van der Waals surface area contributed by atoms with Gasteiger partial charge in [-0.3, -0.25) is 10.1 Å². The number of nitrogens with zero attached hydrogens (tertiary/aromatic N) is 1. The van der Waals surface area contributed by atoms with Gasteiger partial charge in [-0.1, -0.05) is 15.9 Å². The van der Waals surface area contributed by atoms with E-state index < -0.39 is 16.6 Å². The van der Waals surface area contributed by atoms with Crippen molar-refractivity contribution in [3.8, 4) is 11.5 Å². The van der Waals surface area contributed by atoms with Crippen LogP contribution in [0.4, 0.5) is 14.5 Å². The Morgan fingerprint density at radius 3 is 2.57 bits per heavy atom. The molecule has 8 heteroatoms. The summed E-state index contributed by atoms with van der Waals surface area (Å²) < 4.78 is 32.5. The molecule has 2 aromatic carbocycles. The summed E-state index contributed by atoms with van der Waals surface area (Å²) in [6, 6.07) is 5.90. The second kappa shape index (κ2) is 6.36. The van der Waals surface area contributed by atoms with Crippen LogP contribution in [0, 0.1) is 21.7 Å². The maximum atomic E-state index is 13.6. The average Bonchev–Trinajstić information content (AvgIpc) is 2.44. The van der Waals surface area contributed by atoms with E-state index in [0.29, 0.717) is 10.0 Å². The van der Waals surface area contributed by atoms with Crippen molar-refractivity contribution in [3.63, 3.8) is 0 Å². The standard InChI is InChI=1S/C13H7BrClF2NO3/c14-8-4-10(16)13(17)12(5-8)21-11-2-1-9(18(19)20)3-7(11)6-15/h1-5H,6H2. The topological polar surface area (TPSA) is 52.4 Å². The molecule has 2 rings (SSSR count). The third kappa shape index (κ3) is 3.48. The Morgan fingerprint density at radius 1 is 1.24 bits per heavy atom. The molecule has 0 bridgehead atoms. The van der Waals surface area contributed by atoms with Gasteiger partial charge in [0.25, 0.3) is 5.69 Å². The summed E-state index contributed by atoms with van der Waals surface area (Å²) in [7, 11) is 0. The molecule has 0 saturated heterocycles. The lowest BCUT2D eigenvalue weighted by Gasteiger charge is -2.11. The molecule has 0 N–H and O–H groups in total. The summed E-state index contributed by atoms with van der Waals surface area (Å²) in [5.41, 5.74) is 0.129. The maximum absolute atomic E-state index is 13.6. The first-order chi connectivity index (χ1) is 9.92. The summed E-state index contributed by atoms with van der Waals surface area (Å²) in [6.07, 6.45) is 0. The van der Waals surface area contributed by atoms with E-state index >= 15 is 0 Å². The number of rotatable bonds is 4. The molecule has 0 spiro atoms. The number of hydrogen-bond acceptors (Lipinski definition) is 3. The minimum absolute atomic E-state index is 0.0743. The number of nitro groups is 1. The second-order valence-electron chi connectivity index (χ2n) is 3.98. The highest BCUT2D eigenvalue weighted by molar-refractivity contribution is 9.10. The number of hydrogen-bond donors (Lipinski definition) is 0. The summed E-state index contributed by atoms with van der Waals surface area (Å²) >= 11 is 8.72. The molecule has 0 radical (unpaired) electrons. The van der Waals surface area contributed by atoms with Gasteiger partial charge in [0.2, 0.25) is 5.82 Å². The molecule has 0 aliphatic heterocycles. The lowest BCUT2D eigenvalue weighted by Crippen LogP contribution is -1.96. The quantitative estimate of drug-likeness (QED) is 0.319. The first-order valence-electron chi connectivity index (χ1n) is 5.58. The average molecular weight is 379 g/mol. The SMILES string of the molecule is O=[N+]([O-])c1ccc(Oc2cc(Br)cc(F)c2F)c(CCl)c1. The minimum atomic E-state index is -1.16. The summed E-state index contributed by atoms with van der Waals surface area (Å²) in [6.45, 7) is 0. The second-order valence-corrected chi connectivity index (χ2v) is 5.17. The van der Waals surface area contributed by atoms with E-state index in [4.69, 9.17) is 16.3 Å². The zero-order valence-electron chi connectivity index (χ0n) is 10.3. The van der Waals surface area contributed by atoms with Crippen molar-refractivity contribution in [2.45, 2.75) is 5.88 Å². The smallest absolute Gasteiger partial charge is 0.270 e. The Kier molecular flexibility index (Phi) is 4.74. The van der Waals surface area contributed by atoms with Gasteiger partial charge in [-0.15, -0.1) is 11.6 Å². The third-order valence-electron chi connectivity index (χ3n) is 2.58. The van der Waals surface area contributed by atoms with Crippen molar-refractivity contribution in [2.24, 2.45) is 0 Å². The van der Waals surface area contributed by atoms with Crippen molar-refractivity contribution in [2.75, 3.05) is 0 Å². The van der Waals surface area contributed by atoms with E-state index in [0.717, 1.165) is 6.07 Å². The Labute approximate surface area is 131 Å². The summed E-state index contributed by atoms with van der Waals surface area (Å²) in [5.74, 6) is -2.53. The van der Waals surface area contributed by atoms with Gasteiger partial charge in [0.1, 0.15) is 5.75 Å². The Hall–Kier alpha value is -1.73. The van der Waals surface area contributed by atoms with Crippen LogP contribution >= 0.6 is 27.5 Å². The number of alkyl halides is 1. The Bertz CT molecular complexity index is 712. The van der Waals surface area contributed by atoms with Crippen LogP contribution in [0.2, 0.25) is 0 Å². The fraction of sp³-hybridized carbons (Fsp3) is 0.0769. The maximum Gasteiger partial charge on any atom is 0.270 e. The highest BCUT2D eigenvalue weighted by atomic mass is 79.9. The first-order valence-corrected chi connectivity index (χ1v) is 6.91. The monoisotopic (exact) mass is 377 g/mol. The lowest BCUT2D eigenvalue weighted by molar-refractivity contribution is -0.384. The summed E-state index contributed by atoms with van der Waals surface area (Å²) in [4.78, 5) is 10.1. The van der Waals surface area contributed by atoms with Gasteiger partial charge in [0.15, 0.2) is 11.6 Å². The van der Waals surface area contributed by atoms with E-state index in [1.807, 2.05) is 0 Å². The van der Waals surface area contributed by atoms with Crippen molar-refractivity contribution in [1.82, 2.24) is 0 Å². The van der Waals surface area contributed by atoms with Crippen LogP contribution in [-0.2, 0) is 5.88 Å². The molecular formula is C13H7BrClF2NO3. The molecule has 0 aromatic heterocycles. The predicted octanol–water partition coefficient (Wildman–Crippen LogP) is 5.17. The molecule has 4 nitrogen and oxygen atoms in total. The molecule has 110 valence electrons. The van der Waals surface area contributed by atoms with Gasteiger partial charge >= 0.3 is 0 Å². The van der Waals surface area contributed by atoms with Crippen molar-refractivity contribution >= 4 is 33.2 Å². The van der Waals surface area contributed by atoms with Crippen LogP contribution in [0.5, 0.6) is 11.5 Å². The van der Waals surface area contributed by atoms with E-state index in [1.54, 1.807) is 0 Å². The molecule has 0 heterocycles. The van der Waals surface area contributed by atoms with Crippen molar-refractivity contribution < 1.29 is 18.4 Å². The number of nitro benzene ring substituents is 1. The molecule has 0 atom stereocenters. The Balaban J connectivity index is 2.42. The molecule has 0 saturated carbocycles. The molecule has 0 aliphatic carbocycles. The predicted molar refractivity (Wildman–Crippen MR) is 76.8 cm³/mol. The third-order valence-corrected chi connectivity index (χ3v) is 3.32. The molecule has 2 aromatic rings. The number of non-ortho nitro benzene ring substituents is 1. The first kappa shape index (κ1) is 15.7. The van der Waals surface area contributed by atoms with Crippen molar-refractivity contribution in [1.29, 1.82) is 0 Å². The van der Waals surface area contributed by atoms with Crippen LogP contribution in [0.1, 0.15) is 5.56 Å². The molecule has 21 heavy (non-hydrogen) atoms. The van der Waals surface area contributed by atoms with Crippen LogP contribution in [-0.4, -0.2) is 4.92 Å². The van der Waals surface area contributed by atoms with E-state index in [2.05, 4.69) is 15.9 Å². The summed E-state index contributed by atoms with van der Waals surface area (Å²) in [5, 5.41) is 10.7. The van der Waals surface area contributed by atoms with Crippen LogP contribution in [0.15, 0.2) is 34.8 Å². The van der Waals surface area contributed by atoms with Gasteiger partial charge < -0.3 is 4.74 Å². The normalized spacial score (nSPS) is 10.5. The van der Waals surface area contributed by atoms with Gasteiger partial charge in [-0.25, -0.2) is 4.39 Å². The highest BCUT2D eigenvalue weighted by Gasteiger charge is 2.16. The molecule has 0 aliphatic rings. The fourth-order valence-electron chi connectivity index (χ4n) is 1.61. The van der Waals surface area contributed by atoms with Gasteiger partial charge in [0.05, 0.1) is 10.8 Å². The molecular weight excluding hydrogens is 372 g/mol. The number of ether oxygens (including phenoxy) is 1. The van der Waals surface area contributed by atoms with Crippen LogP contribution in [0.3, 0.4) is 0 Å². The highest BCUT2D eigenvalue weighted by Crippen LogP contribution is 2.33. The largest absolute Gasteiger partial charge is 0.454 e. The lowest BCUT2D eigenvalue weighted by atomic mass is 10.2. The van der Waals surface area contributed by atoms with Crippen LogP contribution in [0.25, 0.3) is 0 Å². The van der Waals surface area contributed by atoms with E-state index in [9.17, 15) is 18.9 Å². The zero-order valence-corrected chi connectivity index (χ0v) is 12.6. The molecule has 0 amide bonds. The van der Waals surface area contributed by atoms with Gasteiger partial charge in [-0.2, -0.15) is 4.39 Å². The zero-order chi connectivity index (χ0) is 15.6. The Morgan fingerprint density at radius 2 is 1.95 bits per heavy atom. The van der Waals surface area contributed by atoms with Gasteiger partial charge in [-0.05, 0) is 18.2 Å². The number of benzene rings is 2. The fourth-order valence-corrected chi connectivity index (χ4v) is 2.23.